The summed E-state index contributed by atoms with van der Waals surface area (Å²) in [6.07, 6.45) is 2.22. The maximum Gasteiger partial charge on any atom is 0.253 e. The molecule has 2 N–H and O–H groups in total. The van der Waals surface area contributed by atoms with Crippen molar-refractivity contribution in [3.05, 3.63) is 35.4 Å². The Labute approximate surface area is 140 Å². The largest absolute Gasteiger partial charge is 0.337 e. The predicted octanol–water partition coefficient (Wildman–Crippen LogP) is 3.15. The van der Waals surface area contributed by atoms with Crippen molar-refractivity contribution in [1.82, 2.24) is 4.90 Å². The first-order chi connectivity index (χ1) is 9.74. The van der Waals surface area contributed by atoms with E-state index in [0.29, 0.717) is 11.1 Å². The first kappa shape index (κ1) is 17.0. The molecular formula is C15H21ClN2OS2. The van der Waals surface area contributed by atoms with Gasteiger partial charge in [-0.15, -0.1) is 35.9 Å². The van der Waals surface area contributed by atoms with Crippen LogP contribution < -0.4 is 5.73 Å². The summed E-state index contributed by atoms with van der Waals surface area (Å²) >= 11 is 4.01. The summed E-state index contributed by atoms with van der Waals surface area (Å²) in [6.45, 7) is 1.48. The molecule has 0 spiro atoms. The van der Waals surface area contributed by atoms with E-state index in [2.05, 4.69) is 12.1 Å². The van der Waals surface area contributed by atoms with Crippen molar-refractivity contribution in [2.45, 2.75) is 23.5 Å². The van der Waals surface area contributed by atoms with E-state index < -0.39 is 0 Å². The van der Waals surface area contributed by atoms with Crippen molar-refractivity contribution in [2.75, 3.05) is 24.6 Å². The number of thioether (sulfide) groups is 2. The molecule has 3 nitrogen and oxygen atoms in total. The maximum atomic E-state index is 12.3. The van der Waals surface area contributed by atoms with Crippen LogP contribution in [0.5, 0.6) is 0 Å². The van der Waals surface area contributed by atoms with E-state index in [9.17, 15) is 4.79 Å². The molecule has 1 aromatic rings. The van der Waals surface area contributed by atoms with Gasteiger partial charge in [0.25, 0.3) is 5.91 Å². The highest BCUT2D eigenvalue weighted by molar-refractivity contribution is 8.16. The predicted molar refractivity (Wildman–Crippen MR) is 94.5 cm³/mol. The Morgan fingerprint density at radius 1 is 1.19 bits per heavy atom. The first-order valence-corrected chi connectivity index (χ1v) is 9.22. The molecule has 21 heavy (non-hydrogen) atoms. The first-order valence-electron chi connectivity index (χ1n) is 7.12. The van der Waals surface area contributed by atoms with Gasteiger partial charge in [0.2, 0.25) is 0 Å². The van der Waals surface area contributed by atoms with E-state index in [1.54, 1.807) is 0 Å². The number of carbonyl (C=O) groups excluding carboxylic acids is 1. The van der Waals surface area contributed by atoms with E-state index in [4.69, 9.17) is 5.73 Å². The fourth-order valence-electron chi connectivity index (χ4n) is 2.62. The number of hydrogen-bond donors (Lipinski definition) is 1. The number of benzene rings is 1. The molecule has 0 saturated carbocycles. The molecule has 0 radical (unpaired) electrons. The lowest BCUT2D eigenvalue weighted by Gasteiger charge is -2.21. The average Bonchev–Trinajstić information content (AvgIpc) is 2.94. The number of amides is 1. The van der Waals surface area contributed by atoms with E-state index in [-0.39, 0.29) is 24.4 Å². The zero-order valence-electron chi connectivity index (χ0n) is 11.9. The third-order valence-corrected chi connectivity index (χ3v) is 6.78. The Balaban J connectivity index is 0.00000161. The van der Waals surface area contributed by atoms with E-state index in [0.717, 1.165) is 18.5 Å². The number of rotatable bonds is 2. The number of nitrogens with two attached hydrogens (primary N) is 1. The summed E-state index contributed by atoms with van der Waals surface area (Å²) in [5.74, 6) is 2.60. The van der Waals surface area contributed by atoms with Crippen LogP contribution in [0, 0.1) is 0 Å². The highest BCUT2D eigenvalue weighted by Gasteiger charge is 2.24. The van der Waals surface area contributed by atoms with Gasteiger partial charge in [-0.3, -0.25) is 4.79 Å². The molecule has 0 unspecified atom stereocenters. The molecule has 1 amide bonds. The van der Waals surface area contributed by atoms with Gasteiger partial charge in [0.15, 0.2) is 0 Å². The minimum absolute atomic E-state index is 0. The number of halogens is 1. The Morgan fingerprint density at radius 3 is 2.43 bits per heavy atom. The van der Waals surface area contributed by atoms with Gasteiger partial charge in [-0.1, -0.05) is 12.1 Å². The summed E-state index contributed by atoms with van der Waals surface area (Å²) in [5.41, 5.74) is 7.98. The lowest BCUT2D eigenvalue weighted by Crippen LogP contribution is -2.31. The van der Waals surface area contributed by atoms with Crippen molar-refractivity contribution in [2.24, 2.45) is 5.73 Å². The summed E-state index contributed by atoms with van der Waals surface area (Å²) in [4.78, 5) is 14.2. The molecule has 116 valence electrons. The zero-order valence-corrected chi connectivity index (χ0v) is 14.3. The zero-order chi connectivity index (χ0) is 13.9. The average molecular weight is 345 g/mol. The van der Waals surface area contributed by atoms with Crippen LogP contribution in [0.3, 0.4) is 0 Å². The Hall–Kier alpha value is -0.360. The third kappa shape index (κ3) is 4.09. The van der Waals surface area contributed by atoms with Gasteiger partial charge in [0.05, 0.1) is 4.58 Å². The summed E-state index contributed by atoms with van der Waals surface area (Å²) in [7, 11) is 0. The van der Waals surface area contributed by atoms with Crippen molar-refractivity contribution < 1.29 is 4.79 Å². The smallest absolute Gasteiger partial charge is 0.253 e. The van der Waals surface area contributed by atoms with Gasteiger partial charge in [-0.2, -0.15) is 0 Å². The van der Waals surface area contributed by atoms with Gasteiger partial charge < -0.3 is 10.6 Å². The van der Waals surface area contributed by atoms with Crippen molar-refractivity contribution >= 4 is 41.8 Å². The minimum Gasteiger partial charge on any atom is -0.337 e. The molecule has 3 rings (SSSR count). The molecule has 0 bridgehead atoms. The van der Waals surface area contributed by atoms with E-state index in [1.165, 1.54) is 23.5 Å². The van der Waals surface area contributed by atoms with Crippen LogP contribution in [0.15, 0.2) is 24.3 Å². The second kappa shape index (κ2) is 7.77. The standard InChI is InChI=1S/C15H20N2OS2.ClH/c16-13-6-7-17(10-13)14(18)11-2-4-12(5-3-11)15-19-8-1-9-20-15;/h2-5,13,15H,1,6-10,16H2;1H/t13-;/m1./s1. The van der Waals surface area contributed by atoms with E-state index in [1.807, 2.05) is 40.6 Å². The Morgan fingerprint density at radius 2 is 1.86 bits per heavy atom. The van der Waals surface area contributed by atoms with Crippen LogP contribution in [0.4, 0.5) is 0 Å². The van der Waals surface area contributed by atoms with Gasteiger partial charge in [0, 0.05) is 24.7 Å². The van der Waals surface area contributed by atoms with E-state index >= 15 is 0 Å². The Kier molecular flexibility index (Phi) is 6.29. The Bertz CT molecular complexity index is 477. The maximum absolute atomic E-state index is 12.3. The van der Waals surface area contributed by atoms with Crippen LogP contribution in [0.1, 0.15) is 33.3 Å². The number of likely N-dealkylation sites (tertiary alicyclic amines) is 1. The topological polar surface area (TPSA) is 46.3 Å². The van der Waals surface area contributed by atoms with Crippen LogP contribution >= 0.6 is 35.9 Å². The highest BCUT2D eigenvalue weighted by Crippen LogP contribution is 2.43. The molecule has 2 saturated heterocycles. The van der Waals surface area contributed by atoms with Crippen molar-refractivity contribution in [1.29, 1.82) is 0 Å². The summed E-state index contributed by atoms with van der Waals surface area (Å²) < 4.78 is 0.535. The number of carbonyl (C=O) groups is 1. The molecule has 0 aromatic heterocycles. The summed E-state index contributed by atoms with van der Waals surface area (Å²) in [5, 5.41) is 0. The fraction of sp³-hybridized carbons (Fsp3) is 0.533. The molecule has 6 heteroatoms. The van der Waals surface area contributed by atoms with Crippen LogP contribution in [0.25, 0.3) is 0 Å². The molecule has 1 atom stereocenters. The van der Waals surface area contributed by atoms with Gasteiger partial charge in [-0.05, 0) is 42.0 Å². The van der Waals surface area contributed by atoms with Crippen LogP contribution in [-0.2, 0) is 0 Å². The van der Waals surface area contributed by atoms with Gasteiger partial charge >= 0.3 is 0 Å². The summed E-state index contributed by atoms with van der Waals surface area (Å²) in [6, 6.07) is 8.31. The molecule has 2 heterocycles. The normalized spacial score (nSPS) is 22.9. The second-order valence-corrected chi connectivity index (χ2v) is 8.07. The fourth-order valence-corrected chi connectivity index (χ4v) is 5.51. The van der Waals surface area contributed by atoms with Gasteiger partial charge in [0.1, 0.15) is 0 Å². The number of hydrogen-bond acceptors (Lipinski definition) is 4. The van der Waals surface area contributed by atoms with Crippen LogP contribution in [-0.4, -0.2) is 41.4 Å². The molecule has 1 aromatic carbocycles. The third-order valence-electron chi connectivity index (χ3n) is 3.77. The van der Waals surface area contributed by atoms with Crippen LogP contribution in [0.2, 0.25) is 0 Å². The molecular weight excluding hydrogens is 324 g/mol. The highest BCUT2D eigenvalue weighted by atomic mass is 35.5. The monoisotopic (exact) mass is 344 g/mol. The second-order valence-electron chi connectivity index (χ2n) is 5.35. The van der Waals surface area contributed by atoms with Crippen molar-refractivity contribution in [3.8, 4) is 0 Å². The lowest BCUT2D eigenvalue weighted by atomic mass is 10.1. The number of nitrogens with zero attached hydrogens (tertiary/aromatic N) is 1. The lowest BCUT2D eigenvalue weighted by molar-refractivity contribution is 0.0791. The molecule has 2 fully saturated rings. The molecule has 2 aliphatic heterocycles. The molecule has 2 aliphatic rings. The minimum atomic E-state index is 0. The SMILES string of the molecule is Cl.N[C@@H]1CCN(C(=O)c2ccc(C3SCCCS3)cc2)C1. The molecule has 0 aliphatic carbocycles. The van der Waals surface area contributed by atoms with Crippen molar-refractivity contribution in [3.63, 3.8) is 0 Å². The van der Waals surface area contributed by atoms with Gasteiger partial charge in [-0.25, -0.2) is 0 Å². The quantitative estimate of drug-likeness (QED) is 0.895.